The van der Waals surface area contributed by atoms with Crippen LogP contribution in [-0.2, 0) is 12.4 Å². The summed E-state index contributed by atoms with van der Waals surface area (Å²) < 4.78 is 80.9. The third-order valence-corrected chi connectivity index (χ3v) is 4.82. The van der Waals surface area contributed by atoms with Crippen molar-refractivity contribution in [3.8, 4) is 11.8 Å². The first kappa shape index (κ1) is 29.2. The van der Waals surface area contributed by atoms with E-state index in [2.05, 4.69) is 22.1 Å². The summed E-state index contributed by atoms with van der Waals surface area (Å²) in [5.41, 5.74) is -4.63. The van der Waals surface area contributed by atoms with Gasteiger partial charge >= 0.3 is 18.4 Å². The van der Waals surface area contributed by atoms with Gasteiger partial charge < -0.3 is 10.4 Å². The second-order valence-corrected chi connectivity index (χ2v) is 7.73. The van der Waals surface area contributed by atoms with Crippen LogP contribution < -0.4 is 16.0 Å². The zero-order valence-corrected chi connectivity index (χ0v) is 19.7. The van der Waals surface area contributed by atoms with Crippen LogP contribution >= 0.6 is 0 Å². The standard InChI is InChI=1S/C25H15F6N5O4/c26-24(27,28)16-10-14(9-15(12-16)20(37)35-22(32)36-23(39)40)5-4-13-6-7-18(25(29,30)31)17(11-13)21(38)34-19-3-1-2-8-33-19/h1-3,6-12H,(H,39,40)(H,33,34,38)(H3,32,35,36,37). The zero-order valence-electron chi connectivity index (χ0n) is 19.7. The van der Waals surface area contributed by atoms with E-state index in [1.54, 1.807) is 5.32 Å². The summed E-state index contributed by atoms with van der Waals surface area (Å²) in [7, 11) is 0. The Morgan fingerprint density at radius 2 is 1.52 bits per heavy atom. The number of carbonyl (C=O) groups is 3. The minimum absolute atomic E-state index is 0.0291. The molecule has 3 rings (SSSR count). The van der Waals surface area contributed by atoms with Crippen molar-refractivity contribution in [2.75, 3.05) is 5.32 Å². The first-order valence-electron chi connectivity index (χ1n) is 10.7. The molecule has 0 bridgehead atoms. The molecule has 15 heteroatoms. The fraction of sp³-hybridized carbons (Fsp3) is 0.0800. The fourth-order valence-corrected chi connectivity index (χ4v) is 3.14. The Labute approximate surface area is 220 Å². The number of aromatic nitrogens is 1. The maximum atomic E-state index is 13.5. The fourth-order valence-electron chi connectivity index (χ4n) is 3.14. The zero-order chi connectivity index (χ0) is 29.7. The average Bonchev–Trinajstić information content (AvgIpc) is 2.86. The number of benzene rings is 2. The smallest absolute Gasteiger partial charge is 0.417 e. The van der Waals surface area contributed by atoms with Crippen molar-refractivity contribution in [2.45, 2.75) is 12.4 Å². The molecular weight excluding hydrogens is 548 g/mol. The van der Waals surface area contributed by atoms with Gasteiger partial charge in [0.15, 0.2) is 0 Å². The third kappa shape index (κ3) is 7.81. The van der Waals surface area contributed by atoms with Crippen LogP contribution in [0, 0.1) is 17.3 Å². The van der Waals surface area contributed by atoms with Crippen LogP contribution in [0.15, 0.2) is 60.8 Å². The Morgan fingerprint density at radius 1 is 0.825 bits per heavy atom. The van der Waals surface area contributed by atoms with Gasteiger partial charge in [0.25, 0.3) is 11.8 Å². The Bertz CT molecular complexity index is 1540. The van der Waals surface area contributed by atoms with Gasteiger partial charge in [0.1, 0.15) is 5.82 Å². The van der Waals surface area contributed by atoms with Crippen molar-refractivity contribution in [3.05, 3.63) is 94.2 Å². The lowest BCUT2D eigenvalue weighted by atomic mass is 10.0. The molecule has 206 valence electrons. The molecule has 5 N–H and O–H groups in total. The van der Waals surface area contributed by atoms with Crippen LogP contribution in [0.25, 0.3) is 0 Å². The van der Waals surface area contributed by atoms with Gasteiger partial charge in [0, 0.05) is 22.9 Å². The summed E-state index contributed by atoms with van der Waals surface area (Å²) in [6.07, 6.45) is -10.3. The molecule has 40 heavy (non-hydrogen) atoms. The topological polar surface area (TPSA) is 144 Å². The van der Waals surface area contributed by atoms with Gasteiger partial charge in [-0.2, -0.15) is 26.3 Å². The Kier molecular flexibility index (Phi) is 8.43. The Morgan fingerprint density at radius 3 is 2.12 bits per heavy atom. The summed E-state index contributed by atoms with van der Waals surface area (Å²) in [5, 5.41) is 21.3. The normalized spacial score (nSPS) is 11.1. The van der Waals surface area contributed by atoms with Crippen LogP contribution in [0.2, 0.25) is 0 Å². The SMILES string of the molecule is N=C(NC(=O)O)NC(=O)c1cc(C#Cc2ccc(C(F)(F)F)c(C(=O)Nc3ccccn3)c2)cc(C(F)(F)F)c1. The van der Waals surface area contributed by atoms with Crippen molar-refractivity contribution < 1.29 is 45.8 Å². The predicted molar refractivity (Wildman–Crippen MR) is 127 cm³/mol. The molecule has 0 unspecified atom stereocenters. The van der Waals surface area contributed by atoms with E-state index in [1.165, 1.54) is 29.7 Å². The molecule has 0 aliphatic rings. The second kappa shape index (κ2) is 11.6. The summed E-state index contributed by atoms with van der Waals surface area (Å²) in [6, 6.07) is 8.55. The number of hydrogen-bond donors (Lipinski definition) is 5. The van der Waals surface area contributed by atoms with E-state index < -0.39 is 64.0 Å². The molecule has 0 aliphatic heterocycles. The minimum Gasteiger partial charge on any atom is -0.465 e. The highest BCUT2D eigenvalue weighted by Crippen LogP contribution is 2.33. The van der Waals surface area contributed by atoms with Gasteiger partial charge in [-0.05, 0) is 48.5 Å². The van der Waals surface area contributed by atoms with Crippen molar-refractivity contribution >= 4 is 29.7 Å². The van der Waals surface area contributed by atoms with Gasteiger partial charge in [-0.1, -0.05) is 17.9 Å². The largest absolute Gasteiger partial charge is 0.465 e. The van der Waals surface area contributed by atoms with E-state index >= 15 is 0 Å². The first-order valence-corrected chi connectivity index (χ1v) is 10.7. The summed E-state index contributed by atoms with van der Waals surface area (Å²) >= 11 is 0. The quantitative estimate of drug-likeness (QED) is 0.136. The number of nitrogens with one attached hydrogen (secondary N) is 4. The molecule has 9 nitrogen and oxygen atoms in total. The van der Waals surface area contributed by atoms with Crippen molar-refractivity contribution in [1.82, 2.24) is 15.6 Å². The lowest BCUT2D eigenvalue weighted by Gasteiger charge is -2.13. The van der Waals surface area contributed by atoms with Crippen LogP contribution in [0.5, 0.6) is 0 Å². The molecular formula is C25H15F6N5O4. The molecule has 0 atom stereocenters. The molecule has 0 radical (unpaired) electrons. The van der Waals surface area contributed by atoms with E-state index in [-0.39, 0.29) is 11.4 Å². The molecule has 2 aromatic carbocycles. The maximum Gasteiger partial charge on any atom is 0.417 e. The molecule has 0 spiro atoms. The molecule has 1 heterocycles. The number of amides is 3. The van der Waals surface area contributed by atoms with Crippen molar-refractivity contribution in [2.24, 2.45) is 0 Å². The molecule has 0 fully saturated rings. The van der Waals surface area contributed by atoms with Gasteiger partial charge in [0.05, 0.1) is 16.7 Å². The predicted octanol–water partition coefficient (Wildman–Crippen LogP) is 4.70. The highest BCUT2D eigenvalue weighted by atomic mass is 19.4. The van der Waals surface area contributed by atoms with Gasteiger partial charge in [-0.25, -0.2) is 9.78 Å². The van der Waals surface area contributed by atoms with Gasteiger partial charge in [-0.3, -0.25) is 25.6 Å². The number of hydrogen-bond acceptors (Lipinski definition) is 5. The van der Waals surface area contributed by atoms with E-state index in [1.807, 2.05) is 0 Å². The van der Waals surface area contributed by atoms with Crippen LogP contribution in [0.4, 0.5) is 37.0 Å². The molecule has 3 amide bonds. The number of guanidine groups is 1. The number of halogens is 6. The number of alkyl halides is 6. The second-order valence-electron chi connectivity index (χ2n) is 7.73. The van der Waals surface area contributed by atoms with E-state index in [0.717, 1.165) is 18.2 Å². The van der Waals surface area contributed by atoms with Gasteiger partial charge in [0.2, 0.25) is 5.96 Å². The lowest BCUT2D eigenvalue weighted by Crippen LogP contribution is -2.42. The molecule has 3 aromatic rings. The van der Waals surface area contributed by atoms with E-state index in [4.69, 9.17) is 10.5 Å². The highest BCUT2D eigenvalue weighted by molar-refractivity contribution is 6.08. The minimum atomic E-state index is -4.94. The maximum absolute atomic E-state index is 13.5. The van der Waals surface area contributed by atoms with Gasteiger partial charge in [-0.15, -0.1) is 0 Å². The van der Waals surface area contributed by atoms with Crippen LogP contribution in [0.1, 0.15) is 43.0 Å². The molecule has 1 aromatic heterocycles. The number of pyridine rings is 1. The number of nitrogens with zero attached hydrogens (tertiary/aromatic N) is 1. The van der Waals surface area contributed by atoms with E-state index in [0.29, 0.717) is 18.2 Å². The number of anilines is 1. The Balaban J connectivity index is 2.00. The lowest BCUT2D eigenvalue weighted by molar-refractivity contribution is -0.138. The molecule has 0 aliphatic carbocycles. The number of rotatable bonds is 3. The van der Waals surface area contributed by atoms with Crippen molar-refractivity contribution in [1.29, 1.82) is 5.41 Å². The number of carboxylic acid groups (broad SMARTS) is 1. The summed E-state index contributed by atoms with van der Waals surface area (Å²) in [4.78, 5) is 39.3. The summed E-state index contributed by atoms with van der Waals surface area (Å²) in [6.45, 7) is 0. The van der Waals surface area contributed by atoms with Crippen LogP contribution in [-0.4, -0.2) is 34.0 Å². The van der Waals surface area contributed by atoms with Crippen molar-refractivity contribution in [3.63, 3.8) is 0 Å². The number of carbonyl (C=O) groups excluding carboxylic acids is 2. The average molecular weight is 563 g/mol. The first-order chi connectivity index (χ1) is 18.6. The highest BCUT2D eigenvalue weighted by Gasteiger charge is 2.35. The third-order valence-electron chi connectivity index (χ3n) is 4.82. The van der Waals surface area contributed by atoms with Crippen LogP contribution in [0.3, 0.4) is 0 Å². The molecule has 0 saturated heterocycles. The Hall–Kier alpha value is -5.39. The monoisotopic (exact) mass is 563 g/mol. The molecule has 0 saturated carbocycles. The summed E-state index contributed by atoms with van der Waals surface area (Å²) in [5.74, 6) is 1.19. The van der Waals surface area contributed by atoms with E-state index in [9.17, 15) is 40.7 Å².